The topological polar surface area (TPSA) is 60.8 Å². The van der Waals surface area contributed by atoms with Gasteiger partial charge in [0.05, 0.1) is 29.3 Å². The molecule has 1 amide bonds. The number of benzene rings is 4. The van der Waals surface area contributed by atoms with Gasteiger partial charge < -0.3 is 18.9 Å². The Labute approximate surface area is 243 Å². The Balaban J connectivity index is 1.64. The van der Waals surface area contributed by atoms with Gasteiger partial charge in [-0.1, -0.05) is 48.5 Å². The molecule has 0 spiro atoms. The summed E-state index contributed by atoms with van der Waals surface area (Å²) < 4.78 is 27.5. The molecule has 5 aromatic rings. The number of amides is 1. The number of aromatic nitrogens is 1. The van der Waals surface area contributed by atoms with Gasteiger partial charge in [-0.15, -0.1) is 0 Å². The van der Waals surface area contributed by atoms with Gasteiger partial charge >= 0.3 is 5.97 Å². The summed E-state index contributed by atoms with van der Waals surface area (Å²) in [4.78, 5) is 26.2. The molecule has 0 N–H and O–H groups in total. The lowest BCUT2D eigenvalue weighted by Gasteiger charge is -2.14. The molecule has 7 heteroatoms. The van der Waals surface area contributed by atoms with Crippen molar-refractivity contribution in [2.24, 2.45) is 0 Å². The highest BCUT2D eigenvalue weighted by Crippen LogP contribution is 2.46. The maximum Gasteiger partial charge on any atom is 0.337 e. The Morgan fingerprint density at radius 3 is 2.29 bits per heavy atom. The number of hydrogen-bond acceptors (Lipinski definition) is 4. The Hall–Kier alpha value is -5.17. The smallest absolute Gasteiger partial charge is 0.337 e. The normalized spacial score (nSPS) is 12.8. The number of carbonyl (C=O) groups is 2. The van der Waals surface area contributed by atoms with Crippen LogP contribution in [0.5, 0.6) is 5.75 Å². The molecule has 0 saturated carbocycles. The van der Waals surface area contributed by atoms with Crippen molar-refractivity contribution in [2.45, 2.75) is 20.0 Å². The minimum Gasteiger partial charge on any atom is -0.488 e. The molecule has 6 nitrogen and oxygen atoms in total. The van der Waals surface area contributed by atoms with Gasteiger partial charge in [0.15, 0.2) is 0 Å². The van der Waals surface area contributed by atoms with E-state index in [0.717, 1.165) is 44.5 Å². The molecule has 6 rings (SSSR count). The van der Waals surface area contributed by atoms with Gasteiger partial charge in [-0.25, -0.2) is 9.18 Å². The summed E-state index contributed by atoms with van der Waals surface area (Å²) in [5.41, 5.74) is 6.72. The monoisotopic (exact) mass is 560 g/mol. The number of nitrogens with zero attached hydrogens (tertiary/aromatic N) is 2. The molecule has 0 unspecified atom stereocenters. The molecule has 42 heavy (non-hydrogen) atoms. The number of hydrogen-bond donors (Lipinski definition) is 0. The predicted molar refractivity (Wildman–Crippen MR) is 161 cm³/mol. The number of fused-ring (bicyclic) bond motifs is 1. The molecule has 0 bridgehead atoms. The van der Waals surface area contributed by atoms with Crippen molar-refractivity contribution in [3.63, 3.8) is 0 Å². The molecule has 2 heterocycles. The molecular weight excluding hydrogens is 531 g/mol. The minimum atomic E-state index is -0.419. The molecule has 1 aliphatic rings. The van der Waals surface area contributed by atoms with Crippen LogP contribution < -0.4 is 4.74 Å². The summed E-state index contributed by atoms with van der Waals surface area (Å²) in [7, 11) is 1.36. The summed E-state index contributed by atoms with van der Waals surface area (Å²) in [6, 6.07) is 29.5. The van der Waals surface area contributed by atoms with Crippen LogP contribution in [0.1, 0.15) is 35.0 Å². The van der Waals surface area contributed by atoms with E-state index in [9.17, 15) is 14.0 Å². The van der Waals surface area contributed by atoms with Gasteiger partial charge in [-0.05, 0) is 71.7 Å². The summed E-state index contributed by atoms with van der Waals surface area (Å²) in [5.74, 6) is -0.0964. The lowest BCUT2D eigenvalue weighted by atomic mass is 9.96. The first-order valence-electron chi connectivity index (χ1n) is 13.7. The van der Waals surface area contributed by atoms with Crippen LogP contribution in [-0.4, -0.2) is 35.0 Å². The zero-order chi connectivity index (χ0) is 29.2. The highest BCUT2D eigenvalue weighted by Gasteiger charge is 2.28. The van der Waals surface area contributed by atoms with Crippen LogP contribution in [0.3, 0.4) is 0 Å². The third-order valence-corrected chi connectivity index (χ3v) is 7.51. The average molecular weight is 561 g/mol. The fourth-order valence-corrected chi connectivity index (χ4v) is 5.48. The van der Waals surface area contributed by atoms with Crippen molar-refractivity contribution in [3.05, 3.63) is 126 Å². The van der Waals surface area contributed by atoms with E-state index >= 15 is 0 Å². The van der Waals surface area contributed by atoms with Gasteiger partial charge in [0.1, 0.15) is 18.2 Å². The fraction of sp³-hybridized carbons (Fsp3) is 0.143. The number of methoxy groups -OCH3 is 1. The zero-order valence-corrected chi connectivity index (χ0v) is 23.3. The van der Waals surface area contributed by atoms with Crippen molar-refractivity contribution in [1.82, 2.24) is 9.47 Å². The van der Waals surface area contributed by atoms with Crippen molar-refractivity contribution >= 4 is 28.4 Å². The second-order valence-corrected chi connectivity index (χ2v) is 10.1. The fourth-order valence-electron chi connectivity index (χ4n) is 5.48. The lowest BCUT2D eigenvalue weighted by molar-refractivity contribution is -0.125. The quantitative estimate of drug-likeness (QED) is 0.195. The van der Waals surface area contributed by atoms with E-state index in [1.165, 1.54) is 19.2 Å². The van der Waals surface area contributed by atoms with Gasteiger partial charge in [-0.2, -0.15) is 0 Å². The number of ether oxygens (including phenoxy) is 2. The third kappa shape index (κ3) is 5.05. The average Bonchev–Trinajstić information content (AvgIpc) is 3.64. The number of esters is 1. The van der Waals surface area contributed by atoms with Crippen molar-refractivity contribution in [2.75, 3.05) is 13.7 Å². The van der Waals surface area contributed by atoms with Crippen molar-refractivity contribution < 1.29 is 23.5 Å². The highest BCUT2D eigenvalue weighted by atomic mass is 19.1. The van der Waals surface area contributed by atoms with Crippen LogP contribution in [0.4, 0.5) is 4.39 Å². The van der Waals surface area contributed by atoms with E-state index in [0.29, 0.717) is 30.9 Å². The Morgan fingerprint density at radius 2 is 1.62 bits per heavy atom. The summed E-state index contributed by atoms with van der Waals surface area (Å²) >= 11 is 0. The molecule has 1 aromatic heterocycles. The molecule has 0 radical (unpaired) electrons. The second kappa shape index (κ2) is 11.4. The van der Waals surface area contributed by atoms with Gasteiger partial charge in [-0.3, -0.25) is 4.79 Å². The molecule has 0 saturated heterocycles. The van der Waals surface area contributed by atoms with Gasteiger partial charge in [0.2, 0.25) is 5.91 Å². The Morgan fingerprint density at radius 1 is 0.881 bits per heavy atom. The van der Waals surface area contributed by atoms with Crippen LogP contribution in [0.15, 0.2) is 103 Å². The highest BCUT2D eigenvalue weighted by molar-refractivity contribution is 6.07. The van der Waals surface area contributed by atoms with E-state index in [1.807, 2.05) is 66.9 Å². The van der Waals surface area contributed by atoms with Crippen LogP contribution in [0, 0.1) is 5.82 Å². The van der Waals surface area contributed by atoms with Crippen LogP contribution in [0.25, 0.3) is 33.3 Å². The van der Waals surface area contributed by atoms with E-state index < -0.39 is 5.97 Å². The summed E-state index contributed by atoms with van der Waals surface area (Å²) in [6.07, 6.45) is 2.54. The molecule has 4 aromatic carbocycles. The van der Waals surface area contributed by atoms with E-state index in [-0.39, 0.29) is 11.7 Å². The number of rotatable bonds is 7. The summed E-state index contributed by atoms with van der Waals surface area (Å²) in [5, 5.41) is 0.876. The molecule has 210 valence electrons. The second-order valence-electron chi connectivity index (χ2n) is 10.1. The molecule has 1 aliphatic heterocycles. The Kier molecular flexibility index (Phi) is 7.32. The minimum absolute atomic E-state index is 0.0368. The maximum absolute atomic E-state index is 14.1. The van der Waals surface area contributed by atoms with E-state index in [1.54, 1.807) is 36.1 Å². The largest absolute Gasteiger partial charge is 0.488 e. The molecule has 0 atom stereocenters. The first-order valence-corrected chi connectivity index (χ1v) is 13.7. The van der Waals surface area contributed by atoms with Crippen LogP contribution in [-0.2, 0) is 16.1 Å². The van der Waals surface area contributed by atoms with Crippen molar-refractivity contribution in [1.29, 1.82) is 0 Å². The molecule has 0 fully saturated rings. The van der Waals surface area contributed by atoms with Gasteiger partial charge in [0.25, 0.3) is 0 Å². The standard InChI is InChI=1S/C35H29FN2O4/c1-23(39)37-20-19-27(21-37)34-32(25-11-13-26(14-12-25)35(40)41-2)33-30(38(34)29-17-15-28(36)16-18-29)9-6-10-31(33)42-22-24-7-4-3-5-8-24/h3-18,21H,19-20,22H2,1-2H3. The van der Waals surface area contributed by atoms with Crippen molar-refractivity contribution in [3.8, 4) is 22.6 Å². The number of carbonyl (C=O) groups excluding carboxylic acids is 2. The third-order valence-electron chi connectivity index (χ3n) is 7.51. The maximum atomic E-state index is 14.1. The molecular formula is C35H29FN2O4. The lowest BCUT2D eigenvalue weighted by Crippen LogP contribution is -2.19. The first-order chi connectivity index (χ1) is 20.4. The zero-order valence-electron chi connectivity index (χ0n) is 23.3. The van der Waals surface area contributed by atoms with Crippen LogP contribution >= 0.6 is 0 Å². The summed E-state index contributed by atoms with van der Waals surface area (Å²) in [6.45, 7) is 2.49. The Bertz CT molecular complexity index is 1810. The molecule has 0 aliphatic carbocycles. The van der Waals surface area contributed by atoms with E-state index in [2.05, 4.69) is 4.57 Å². The predicted octanol–water partition coefficient (Wildman–Crippen LogP) is 7.40. The first kappa shape index (κ1) is 27.0. The SMILES string of the molecule is COC(=O)c1ccc(-c2c(C3=CN(C(C)=O)CC3)n(-c3ccc(F)cc3)c3cccc(OCc4ccccc4)c23)cc1. The van der Waals surface area contributed by atoms with Gasteiger partial charge in [0, 0.05) is 30.9 Å². The van der Waals surface area contributed by atoms with Crippen LogP contribution in [0.2, 0.25) is 0 Å². The number of halogens is 1. The van der Waals surface area contributed by atoms with E-state index in [4.69, 9.17) is 9.47 Å².